The van der Waals surface area contributed by atoms with Crippen LogP contribution in [0.2, 0.25) is 0 Å². The Bertz CT molecular complexity index is 1200. The van der Waals surface area contributed by atoms with Gasteiger partial charge < -0.3 is 19.3 Å². The van der Waals surface area contributed by atoms with Gasteiger partial charge in [-0.2, -0.15) is 0 Å². The van der Waals surface area contributed by atoms with Gasteiger partial charge in [0, 0.05) is 18.1 Å². The number of aryl methyl sites for hydroxylation is 2. The maximum absolute atomic E-state index is 13.0. The van der Waals surface area contributed by atoms with Crippen molar-refractivity contribution in [2.24, 2.45) is 0 Å². The Morgan fingerprint density at radius 1 is 1.03 bits per heavy atom. The molecule has 0 aliphatic heterocycles. The van der Waals surface area contributed by atoms with Gasteiger partial charge in [-0.25, -0.2) is 8.42 Å². The quantitative estimate of drug-likeness (QED) is 0.563. The van der Waals surface area contributed by atoms with Crippen LogP contribution in [0.15, 0.2) is 51.9 Å². The number of rotatable bonds is 8. The first-order valence-electron chi connectivity index (χ1n) is 9.52. The molecule has 1 heterocycles. The van der Waals surface area contributed by atoms with E-state index >= 15 is 0 Å². The average molecular weight is 445 g/mol. The molecule has 0 saturated carbocycles. The number of nitrogens with one attached hydrogen (secondary N) is 1. The highest BCUT2D eigenvalue weighted by atomic mass is 32.2. The lowest BCUT2D eigenvalue weighted by molar-refractivity contribution is -0.115. The Morgan fingerprint density at radius 2 is 1.74 bits per heavy atom. The summed E-state index contributed by atoms with van der Waals surface area (Å²) in [5, 5.41) is 6.54. The minimum absolute atomic E-state index is 0.0116. The van der Waals surface area contributed by atoms with Gasteiger partial charge in [-0.3, -0.25) is 4.79 Å². The summed E-state index contributed by atoms with van der Waals surface area (Å²) in [5.74, 6) is 0.316. The second kappa shape index (κ2) is 9.22. The number of nitrogens with zero attached hydrogens (tertiary/aromatic N) is 1. The van der Waals surface area contributed by atoms with Crippen LogP contribution < -0.4 is 14.8 Å². The largest absolute Gasteiger partial charge is 0.495 e. The van der Waals surface area contributed by atoms with Gasteiger partial charge in [-0.15, -0.1) is 0 Å². The molecule has 3 aromatic rings. The first-order valence-corrected chi connectivity index (χ1v) is 11.2. The fourth-order valence-electron chi connectivity index (χ4n) is 3.04. The van der Waals surface area contributed by atoms with Crippen LogP contribution in [0.4, 0.5) is 5.69 Å². The molecule has 3 rings (SSSR count). The number of aromatic nitrogens is 1. The number of carbonyl (C=O) groups excluding carboxylic acids is 1. The maximum atomic E-state index is 13.0. The average Bonchev–Trinajstić information content (AvgIpc) is 3.18. The van der Waals surface area contributed by atoms with Crippen LogP contribution in [0.5, 0.6) is 11.5 Å². The smallest absolute Gasteiger partial charge is 0.225 e. The van der Waals surface area contributed by atoms with Gasteiger partial charge in [-0.1, -0.05) is 11.2 Å². The predicted molar refractivity (Wildman–Crippen MR) is 116 cm³/mol. The molecule has 0 aliphatic rings. The Hall–Kier alpha value is -3.33. The zero-order valence-electron chi connectivity index (χ0n) is 17.8. The summed E-state index contributed by atoms with van der Waals surface area (Å²) < 4.78 is 41.7. The van der Waals surface area contributed by atoms with Crippen LogP contribution in [0, 0.1) is 13.8 Å². The van der Waals surface area contributed by atoms with Gasteiger partial charge in [-0.05, 0) is 49.7 Å². The second-order valence-corrected chi connectivity index (χ2v) is 9.10. The third-order valence-corrected chi connectivity index (χ3v) is 6.37. The van der Waals surface area contributed by atoms with Crippen LogP contribution in [-0.2, 0) is 14.6 Å². The van der Waals surface area contributed by atoms with E-state index in [1.807, 2.05) is 13.0 Å². The Balaban J connectivity index is 1.79. The van der Waals surface area contributed by atoms with E-state index in [0.717, 1.165) is 5.56 Å². The molecule has 9 heteroatoms. The van der Waals surface area contributed by atoms with Crippen molar-refractivity contribution in [3.8, 4) is 22.8 Å². The number of carbonyl (C=O) groups is 1. The van der Waals surface area contributed by atoms with Crippen LogP contribution in [0.1, 0.15) is 17.7 Å². The fraction of sp³-hybridized carbons (Fsp3) is 0.273. The Morgan fingerprint density at radius 3 is 2.39 bits per heavy atom. The molecule has 1 N–H and O–H groups in total. The molecule has 164 valence electrons. The molecule has 0 unspecified atom stereocenters. The topological polar surface area (TPSA) is 108 Å². The summed E-state index contributed by atoms with van der Waals surface area (Å²) in [5.41, 5.74) is 2.66. The van der Waals surface area contributed by atoms with E-state index < -0.39 is 15.7 Å². The zero-order chi connectivity index (χ0) is 22.6. The van der Waals surface area contributed by atoms with Crippen molar-refractivity contribution in [3.63, 3.8) is 0 Å². The molecule has 8 nitrogen and oxygen atoms in total. The second-order valence-electron chi connectivity index (χ2n) is 7.02. The van der Waals surface area contributed by atoms with Crippen molar-refractivity contribution < 1.29 is 27.2 Å². The van der Waals surface area contributed by atoms with Crippen molar-refractivity contribution in [1.29, 1.82) is 0 Å². The van der Waals surface area contributed by atoms with Crippen molar-refractivity contribution in [1.82, 2.24) is 5.16 Å². The normalized spacial score (nSPS) is 11.2. The minimum atomic E-state index is -3.82. The molecule has 31 heavy (non-hydrogen) atoms. The lowest BCUT2D eigenvalue weighted by atomic mass is 10.1. The summed E-state index contributed by atoms with van der Waals surface area (Å²) in [4.78, 5) is 12.4. The molecule has 1 amide bonds. The molecule has 1 aromatic heterocycles. The van der Waals surface area contributed by atoms with E-state index in [1.54, 1.807) is 37.3 Å². The third kappa shape index (κ3) is 5.24. The molecule has 2 aromatic carbocycles. The summed E-state index contributed by atoms with van der Waals surface area (Å²) in [6, 6.07) is 11.8. The van der Waals surface area contributed by atoms with Crippen LogP contribution >= 0.6 is 0 Å². The van der Waals surface area contributed by atoms with E-state index in [4.69, 9.17) is 14.0 Å². The first kappa shape index (κ1) is 22.4. The number of hydrogen-bond donors (Lipinski definition) is 1. The fourth-order valence-corrected chi connectivity index (χ4v) is 4.48. The van der Waals surface area contributed by atoms with Gasteiger partial charge in [0.25, 0.3) is 0 Å². The molecule has 0 saturated heterocycles. The molecule has 0 aliphatic carbocycles. The summed E-state index contributed by atoms with van der Waals surface area (Å²) in [7, 11) is -0.925. The van der Waals surface area contributed by atoms with E-state index in [1.165, 1.54) is 20.3 Å². The summed E-state index contributed by atoms with van der Waals surface area (Å²) in [6.45, 7) is 3.66. The molecule has 0 radical (unpaired) electrons. The van der Waals surface area contributed by atoms with Crippen molar-refractivity contribution >= 4 is 21.4 Å². The number of sulfone groups is 1. The third-order valence-electron chi connectivity index (χ3n) is 4.64. The number of ether oxygens (including phenoxy) is 2. The van der Waals surface area contributed by atoms with Crippen molar-refractivity contribution in [3.05, 3.63) is 53.7 Å². The predicted octanol–water partition coefficient (Wildman–Crippen LogP) is 3.78. The SMILES string of the molecule is COc1ccc(C)cc1NC(=O)CCS(=O)(=O)c1cc(-c2cc(C)no2)ccc1OC. The number of benzene rings is 2. The van der Waals surface area contributed by atoms with Crippen LogP contribution in [-0.4, -0.2) is 39.5 Å². The van der Waals surface area contributed by atoms with E-state index in [0.29, 0.717) is 28.5 Å². The highest BCUT2D eigenvalue weighted by Gasteiger charge is 2.23. The molecule has 0 atom stereocenters. The molecular weight excluding hydrogens is 420 g/mol. The molecular formula is C22H24N2O6S. The number of methoxy groups -OCH3 is 2. The Kier molecular flexibility index (Phi) is 6.65. The molecule has 0 spiro atoms. The Labute approximate surface area is 181 Å². The number of anilines is 1. The number of amides is 1. The maximum Gasteiger partial charge on any atom is 0.225 e. The zero-order valence-corrected chi connectivity index (χ0v) is 18.6. The highest BCUT2D eigenvalue weighted by Crippen LogP contribution is 2.31. The van der Waals surface area contributed by atoms with Crippen molar-refractivity contribution in [2.75, 3.05) is 25.3 Å². The lowest BCUT2D eigenvalue weighted by Gasteiger charge is -2.12. The van der Waals surface area contributed by atoms with Gasteiger partial charge in [0.1, 0.15) is 16.4 Å². The van der Waals surface area contributed by atoms with Gasteiger partial charge >= 0.3 is 0 Å². The van der Waals surface area contributed by atoms with Gasteiger partial charge in [0.2, 0.25) is 5.91 Å². The van der Waals surface area contributed by atoms with E-state index in [9.17, 15) is 13.2 Å². The van der Waals surface area contributed by atoms with Crippen molar-refractivity contribution in [2.45, 2.75) is 25.2 Å². The molecule has 0 fully saturated rings. The monoisotopic (exact) mass is 444 g/mol. The van der Waals surface area contributed by atoms with Crippen LogP contribution in [0.3, 0.4) is 0 Å². The lowest BCUT2D eigenvalue weighted by Crippen LogP contribution is -2.18. The minimum Gasteiger partial charge on any atom is -0.495 e. The molecule has 0 bridgehead atoms. The highest BCUT2D eigenvalue weighted by molar-refractivity contribution is 7.91. The van der Waals surface area contributed by atoms with E-state index in [2.05, 4.69) is 10.5 Å². The van der Waals surface area contributed by atoms with Crippen LogP contribution in [0.25, 0.3) is 11.3 Å². The van der Waals surface area contributed by atoms with Gasteiger partial charge in [0.15, 0.2) is 15.6 Å². The standard InChI is InChI=1S/C22H24N2O6S/c1-14-5-7-18(28-3)17(11-14)23-22(25)9-10-31(26,27)21-13-16(6-8-19(21)29-4)20-12-15(2)24-30-20/h5-8,11-13H,9-10H2,1-4H3,(H,23,25). The van der Waals surface area contributed by atoms with E-state index in [-0.39, 0.29) is 22.8 Å². The number of hydrogen-bond acceptors (Lipinski definition) is 7. The first-order chi connectivity index (χ1) is 14.7. The van der Waals surface area contributed by atoms with Gasteiger partial charge in [0.05, 0.1) is 31.4 Å². The summed E-state index contributed by atoms with van der Waals surface area (Å²) in [6.07, 6.45) is -0.228. The summed E-state index contributed by atoms with van der Waals surface area (Å²) >= 11 is 0.